The second-order valence-electron chi connectivity index (χ2n) is 5.14. The average molecular weight is 216 g/mol. The number of nitrogens with zero attached hydrogens (tertiary/aromatic N) is 1. The van der Waals surface area contributed by atoms with Crippen molar-refractivity contribution < 1.29 is 0 Å². The van der Waals surface area contributed by atoms with Crippen LogP contribution in [0.3, 0.4) is 0 Å². The number of rotatable bonds is 1. The molecular formula is C14H20N2. The Labute approximate surface area is 97.4 Å². The van der Waals surface area contributed by atoms with E-state index < -0.39 is 0 Å². The molecule has 1 aliphatic carbocycles. The number of nitrogens with two attached hydrogens (primary N) is 1. The second kappa shape index (κ2) is 4.10. The van der Waals surface area contributed by atoms with Crippen LogP contribution in [0.25, 0.3) is 0 Å². The number of anilines is 1. The summed E-state index contributed by atoms with van der Waals surface area (Å²) >= 11 is 0. The summed E-state index contributed by atoms with van der Waals surface area (Å²) < 4.78 is 0. The van der Waals surface area contributed by atoms with Crippen LogP contribution < -0.4 is 5.73 Å². The molecule has 0 saturated heterocycles. The maximum Gasteiger partial charge on any atom is 0.0350 e. The molecule has 1 aliphatic heterocycles. The monoisotopic (exact) mass is 216 g/mol. The van der Waals surface area contributed by atoms with Crippen molar-refractivity contribution in [1.82, 2.24) is 4.90 Å². The van der Waals surface area contributed by atoms with E-state index in [9.17, 15) is 0 Å². The lowest BCUT2D eigenvalue weighted by molar-refractivity contribution is 0.181. The summed E-state index contributed by atoms with van der Waals surface area (Å²) in [5.74, 6) is 0. The molecule has 1 fully saturated rings. The zero-order valence-corrected chi connectivity index (χ0v) is 9.78. The molecule has 0 aromatic heterocycles. The molecule has 0 radical (unpaired) electrons. The summed E-state index contributed by atoms with van der Waals surface area (Å²) in [6.45, 7) is 2.32. The third-order valence-corrected chi connectivity index (χ3v) is 4.17. The lowest BCUT2D eigenvalue weighted by Crippen LogP contribution is -2.37. The Morgan fingerprint density at radius 1 is 1.19 bits per heavy atom. The molecule has 2 nitrogen and oxygen atoms in total. The third kappa shape index (κ3) is 1.71. The summed E-state index contributed by atoms with van der Waals surface area (Å²) in [6.07, 6.45) is 6.78. The van der Waals surface area contributed by atoms with Gasteiger partial charge in [0.25, 0.3) is 0 Å². The molecule has 1 heterocycles. The highest BCUT2D eigenvalue weighted by Crippen LogP contribution is 2.30. The van der Waals surface area contributed by atoms with E-state index in [4.69, 9.17) is 5.73 Å². The Bertz CT molecular complexity index is 380. The molecule has 16 heavy (non-hydrogen) atoms. The minimum Gasteiger partial charge on any atom is -0.398 e. The maximum absolute atomic E-state index is 6.02. The van der Waals surface area contributed by atoms with Crippen molar-refractivity contribution >= 4 is 5.69 Å². The number of nitrogen functional groups attached to an aromatic ring is 1. The van der Waals surface area contributed by atoms with Crippen LogP contribution in [0.4, 0.5) is 5.69 Å². The Balaban J connectivity index is 1.80. The molecule has 1 saturated carbocycles. The molecule has 0 bridgehead atoms. The van der Waals surface area contributed by atoms with Gasteiger partial charge in [0.05, 0.1) is 0 Å². The average Bonchev–Trinajstić information content (AvgIpc) is 2.82. The van der Waals surface area contributed by atoms with Gasteiger partial charge in [-0.1, -0.05) is 25.0 Å². The van der Waals surface area contributed by atoms with E-state index in [-0.39, 0.29) is 0 Å². The summed E-state index contributed by atoms with van der Waals surface area (Å²) in [6, 6.07) is 7.21. The van der Waals surface area contributed by atoms with Gasteiger partial charge in [-0.15, -0.1) is 0 Å². The molecule has 1 aromatic carbocycles. The van der Waals surface area contributed by atoms with E-state index in [1.807, 2.05) is 6.07 Å². The van der Waals surface area contributed by atoms with Crippen molar-refractivity contribution in [2.45, 2.75) is 44.7 Å². The predicted molar refractivity (Wildman–Crippen MR) is 67.2 cm³/mol. The summed E-state index contributed by atoms with van der Waals surface area (Å²) in [7, 11) is 0. The molecule has 86 valence electrons. The van der Waals surface area contributed by atoms with Crippen LogP contribution in [0.1, 0.15) is 36.8 Å². The van der Waals surface area contributed by atoms with Gasteiger partial charge in [-0.05, 0) is 36.5 Å². The fourth-order valence-corrected chi connectivity index (χ4v) is 3.24. The van der Waals surface area contributed by atoms with Gasteiger partial charge in [-0.25, -0.2) is 0 Å². The normalized spacial score (nSPS) is 22.2. The van der Waals surface area contributed by atoms with Gasteiger partial charge in [0.1, 0.15) is 0 Å². The topological polar surface area (TPSA) is 29.3 Å². The first-order chi connectivity index (χ1) is 7.84. The summed E-state index contributed by atoms with van der Waals surface area (Å²) in [4.78, 5) is 2.66. The van der Waals surface area contributed by atoms with E-state index >= 15 is 0 Å². The highest BCUT2D eigenvalue weighted by atomic mass is 15.2. The molecule has 1 aromatic rings. The second-order valence-corrected chi connectivity index (χ2v) is 5.14. The minimum atomic E-state index is 0.842. The Hall–Kier alpha value is -1.02. The SMILES string of the molecule is Nc1cccc2c1CCN(C1CCCC1)C2. The van der Waals surface area contributed by atoms with E-state index in [2.05, 4.69) is 17.0 Å². The molecule has 2 N–H and O–H groups in total. The molecule has 0 amide bonds. The van der Waals surface area contributed by atoms with Gasteiger partial charge in [0.15, 0.2) is 0 Å². The fraction of sp³-hybridized carbons (Fsp3) is 0.571. The smallest absolute Gasteiger partial charge is 0.0350 e. The third-order valence-electron chi connectivity index (χ3n) is 4.17. The summed E-state index contributed by atoms with van der Waals surface area (Å²) in [5.41, 5.74) is 9.87. The van der Waals surface area contributed by atoms with Gasteiger partial charge in [0.2, 0.25) is 0 Å². The van der Waals surface area contributed by atoms with Crippen LogP contribution in [0.2, 0.25) is 0 Å². The molecule has 0 atom stereocenters. The zero-order chi connectivity index (χ0) is 11.0. The van der Waals surface area contributed by atoms with Crippen LogP contribution in [0.15, 0.2) is 18.2 Å². The molecule has 2 aliphatic rings. The number of benzene rings is 1. The van der Waals surface area contributed by atoms with Crippen LogP contribution >= 0.6 is 0 Å². The lowest BCUT2D eigenvalue weighted by Gasteiger charge is -2.34. The molecule has 2 heteroatoms. The van der Waals surface area contributed by atoms with Crippen molar-refractivity contribution in [2.75, 3.05) is 12.3 Å². The van der Waals surface area contributed by atoms with Crippen molar-refractivity contribution in [3.05, 3.63) is 29.3 Å². The Morgan fingerprint density at radius 3 is 2.81 bits per heavy atom. The number of hydrogen-bond donors (Lipinski definition) is 1. The van der Waals surface area contributed by atoms with Gasteiger partial charge in [0, 0.05) is 24.8 Å². The van der Waals surface area contributed by atoms with Crippen LogP contribution in [-0.4, -0.2) is 17.5 Å². The first-order valence-electron chi connectivity index (χ1n) is 6.45. The van der Waals surface area contributed by atoms with Crippen LogP contribution in [0.5, 0.6) is 0 Å². The molecule has 0 spiro atoms. The first kappa shape index (κ1) is 10.2. The van der Waals surface area contributed by atoms with Crippen molar-refractivity contribution in [3.8, 4) is 0 Å². The Kier molecular flexibility index (Phi) is 2.60. The van der Waals surface area contributed by atoms with Gasteiger partial charge < -0.3 is 5.73 Å². The Morgan fingerprint density at radius 2 is 2.00 bits per heavy atom. The maximum atomic E-state index is 6.02. The highest BCUT2D eigenvalue weighted by Gasteiger charge is 2.26. The number of hydrogen-bond acceptors (Lipinski definition) is 2. The zero-order valence-electron chi connectivity index (χ0n) is 9.78. The van der Waals surface area contributed by atoms with E-state index in [1.54, 1.807) is 0 Å². The standard InChI is InChI=1S/C14H20N2/c15-14-7-3-4-11-10-16(9-8-13(11)14)12-5-1-2-6-12/h3-4,7,12H,1-2,5-6,8-10,15H2. The van der Waals surface area contributed by atoms with E-state index in [0.29, 0.717) is 0 Å². The van der Waals surface area contributed by atoms with E-state index in [0.717, 1.165) is 24.7 Å². The highest BCUT2D eigenvalue weighted by molar-refractivity contribution is 5.51. The number of fused-ring (bicyclic) bond motifs is 1. The predicted octanol–water partition coefficient (Wildman–Crippen LogP) is 2.57. The van der Waals surface area contributed by atoms with Gasteiger partial charge in [-0.3, -0.25) is 4.90 Å². The largest absolute Gasteiger partial charge is 0.398 e. The van der Waals surface area contributed by atoms with Crippen LogP contribution in [-0.2, 0) is 13.0 Å². The summed E-state index contributed by atoms with van der Waals surface area (Å²) in [5, 5.41) is 0. The fourth-order valence-electron chi connectivity index (χ4n) is 3.24. The van der Waals surface area contributed by atoms with E-state index in [1.165, 1.54) is 43.4 Å². The lowest BCUT2D eigenvalue weighted by atomic mass is 9.96. The molecule has 0 unspecified atom stereocenters. The van der Waals surface area contributed by atoms with Crippen LogP contribution in [0, 0.1) is 0 Å². The molecular weight excluding hydrogens is 196 g/mol. The van der Waals surface area contributed by atoms with Crippen molar-refractivity contribution in [2.24, 2.45) is 0 Å². The quantitative estimate of drug-likeness (QED) is 0.731. The van der Waals surface area contributed by atoms with Crippen molar-refractivity contribution in [1.29, 1.82) is 0 Å². The van der Waals surface area contributed by atoms with Gasteiger partial charge >= 0.3 is 0 Å². The molecule has 3 rings (SSSR count). The first-order valence-corrected chi connectivity index (χ1v) is 6.45. The minimum absolute atomic E-state index is 0.842. The van der Waals surface area contributed by atoms with Gasteiger partial charge in [-0.2, -0.15) is 0 Å². The van der Waals surface area contributed by atoms with Crippen molar-refractivity contribution in [3.63, 3.8) is 0 Å².